The van der Waals surface area contributed by atoms with Crippen molar-refractivity contribution >= 4 is 5.91 Å². The minimum absolute atomic E-state index is 0.0945. The van der Waals surface area contributed by atoms with Crippen molar-refractivity contribution in [3.63, 3.8) is 0 Å². The van der Waals surface area contributed by atoms with Crippen molar-refractivity contribution in [2.24, 2.45) is 5.41 Å². The summed E-state index contributed by atoms with van der Waals surface area (Å²) in [6, 6.07) is 0.302. The molecule has 0 N–H and O–H groups in total. The van der Waals surface area contributed by atoms with Gasteiger partial charge in [-0.15, -0.1) is 0 Å². The second kappa shape index (κ2) is 5.93. The second-order valence-corrected chi connectivity index (χ2v) is 7.71. The lowest BCUT2D eigenvalue weighted by molar-refractivity contribution is -0.00282. The third kappa shape index (κ3) is 2.69. The van der Waals surface area contributed by atoms with Crippen molar-refractivity contribution in [2.75, 3.05) is 13.7 Å². The lowest BCUT2D eigenvalue weighted by Crippen LogP contribution is -2.46. The van der Waals surface area contributed by atoms with E-state index in [1.807, 2.05) is 20.8 Å². The summed E-state index contributed by atoms with van der Waals surface area (Å²) in [6.07, 6.45) is 4.46. The Balaban J connectivity index is 1.86. The van der Waals surface area contributed by atoms with E-state index < -0.39 is 0 Å². The van der Waals surface area contributed by atoms with Crippen LogP contribution in [0.1, 0.15) is 74.2 Å². The van der Waals surface area contributed by atoms with E-state index in [0.29, 0.717) is 23.5 Å². The Morgan fingerprint density at radius 3 is 2.83 bits per heavy atom. The zero-order chi connectivity index (χ0) is 16.8. The monoisotopic (exact) mass is 320 g/mol. The Hall–Kier alpha value is -1.36. The molecule has 0 bridgehead atoms. The average Bonchev–Trinajstić information content (AvgIpc) is 3.06. The van der Waals surface area contributed by atoms with Crippen LogP contribution in [-0.2, 0) is 4.74 Å². The third-order valence-corrected chi connectivity index (χ3v) is 5.80. The number of hydrogen-bond donors (Lipinski definition) is 0. The maximum atomic E-state index is 13.2. The predicted octanol–water partition coefficient (Wildman–Crippen LogP) is 3.53. The van der Waals surface area contributed by atoms with Gasteiger partial charge in [0.25, 0.3) is 5.91 Å². The smallest absolute Gasteiger partial charge is 0.259 e. The first kappa shape index (κ1) is 16.5. The van der Waals surface area contributed by atoms with Crippen LogP contribution in [0.2, 0.25) is 0 Å². The number of hydrogen-bond acceptors (Lipinski definition) is 4. The molecule has 0 aromatic carbocycles. The highest BCUT2D eigenvalue weighted by atomic mass is 16.5. The first-order valence-corrected chi connectivity index (χ1v) is 8.67. The molecule has 1 saturated carbocycles. The van der Waals surface area contributed by atoms with Gasteiger partial charge in [-0.05, 0) is 43.9 Å². The third-order valence-electron chi connectivity index (χ3n) is 5.80. The Kier molecular flexibility index (Phi) is 4.25. The zero-order valence-electron chi connectivity index (χ0n) is 14.9. The number of amides is 1. The molecule has 5 heteroatoms. The lowest BCUT2D eigenvalue weighted by Gasteiger charge is -2.42. The van der Waals surface area contributed by atoms with Gasteiger partial charge < -0.3 is 14.2 Å². The molecule has 0 unspecified atom stereocenters. The van der Waals surface area contributed by atoms with Crippen molar-refractivity contribution < 1.29 is 14.1 Å². The highest BCUT2D eigenvalue weighted by molar-refractivity contribution is 5.96. The number of methoxy groups -OCH3 is 1. The number of aryl methyl sites for hydroxylation is 1. The molecule has 1 aromatic rings. The van der Waals surface area contributed by atoms with E-state index in [1.165, 1.54) is 0 Å². The number of ether oxygens (including phenoxy) is 1. The van der Waals surface area contributed by atoms with Crippen LogP contribution >= 0.6 is 0 Å². The predicted molar refractivity (Wildman–Crippen MR) is 87.5 cm³/mol. The highest BCUT2D eigenvalue weighted by Crippen LogP contribution is 2.47. The fraction of sp³-hybridized carbons (Fsp3) is 0.778. The number of likely N-dealkylation sites (tertiary alicyclic amines) is 1. The zero-order valence-corrected chi connectivity index (χ0v) is 14.9. The van der Waals surface area contributed by atoms with Crippen molar-refractivity contribution in [1.29, 1.82) is 0 Å². The number of fused-ring (bicyclic) bond motifs is 1. The fourth-order valence-corrected chi connectivity index (χ4v) is 4.41. The molecule has 1 aliphatic heterocycles. The van der Waals surface area contributed by atoms with Crippen molar-refractivity contribution in [1.82, 2.24) is 10.1 Å². The van der Waals surface area contributed by atoms with Crippen LogP contribution in [0, 0.1) is 12.3 Å². The van der Waals surface area contributed by atoms with Crippen LogP contribution in [0.3, 0.4) is 0 Å². The van der Waals surface area contributed by atoms with Gasteiger partial charge >= 0.3 is 0 Å². The van der Waals surface area contributed by atoms with Crippen LogP contribution in [0.5, 0.6) is 0 Å². The summed E-state index contributed by atoms with van der Waals surface area (Å²) in [5.74, 6) is 0.916. The maximum absolute atomic E-state index is 13.2. The molecule has 3 rings (SSSR count). The number of nitrogens with zero attached hydrogens (tertiary/aromatic N) is 2. The summed E-state index contributed by atoms with van der Waals surface area (Å²) in [4.78, 5) is 15.3. The lowest BCUT2D eigenvalue weighted by atomic mass is 9.71. The Morgan fingerprint density at radius 2 is 2.17 bits per heavy atom. The first-order valence-electron chi connectivity index (χ1n) is 8.67. The maximum Gasteiger partial charge on any atom is 0.259 e. The molecule has 1 amide bonds. The summed E-state index contributed by atoms with van der Waals surface area (Å²) in [5.41, 5.74) is 1.63. The molecule has 1 saturated heterocycles. The molecule has 5 nitrogen and oxygen atoms in total. The van der Waals surface area contributed by atoms with Gasteiger partial charge in [0.15, 0.2) is 0 Å². The van der Waals surface area contributed by atoms with E-state index >= 15 is 0 Å². The van der Waals surface area contributed by atoms with E-state index in [-0.39, 0.29) is 17.2 Å². The van der Waals surface area contributed by atoms with E-state index in [2.05, 4.69) is 17.0 Å². The Labute approximate surface area is 138 Å². The largest absolute Gasteiger partial charge is 0.381 e. The summed E-state index contributed by atoms with van der Waals surface area (Å²) < 4.78 is 10.9. The van der Waals surface area contributed by atoms with Crippen molar-refractivity contribution in [2.45, 2.75) is 71.4 Å². The Morgan fingerprint density at radius 1 is 1.43 bits per heavy atom. The molecule has 2 fully saturated rings. The summed E-state index contributed by atoms with van der Waals surface area (Å²) in [5, 5.41) is 4.11. The van der Waals surface area contributed by atoms with Gasteiger partial charge in [0.05, 0.1) is 11.8 Å². The molecular weight excluding hydrogens is 292 g/mol. The summed E-state index contributed by atoms with van der Waals surface area (Å²) >= 11 is 0. The van der Waals surface area contributed by atoms with E-state index in [0.717, 1.165) is 37.9 Å². The topological polar surface area (TPSA) is 55.6 Å². The molecule has 1 aliphatic carbocycles. The fourth-order valence-electron chi connectivity index (χ4n) is 4.41. The van der Waals surface area contributed by atoms with E-state index in [4.69, 9.17) is 9.26 Å². The summed E-state index contributed by atoms with van der Waals surface area (Å²) in [7, 11) is 1.79. The Bertz CT molecular complexity index is 595. The highest BCUT2D eigenvalue weighted by Gasteiger charge is 2.50. The average molecular weight is 320 g/mol. The van der Waals surface area contributed by atoms with Crippen LogP contribution in [0.4, 0.5) is 0 Å². The van der Waals surface area contributed by atoms with Crippen LogP contribution in [-0.4, -0.2) is 41.8 Å². The minimum Gasteiger partial charge on any atom is -0.381 e. The molecule has 23 heavy (non-hydrogen) atoms. The molecule has 3 atom stereocenters. The van der Waals surface area contributed by atoms with Crippen molar-refractivity contribution in [3.8, 4) is 0 Å². The van der Waals surface area contributed by atoms with Gasteiger partial charge in [0.1, 0.15) is 11.3 Å². The van der Waals surface area contributed by atoms with Crippen LogP contribution in [0.25, 0.3) is 0 Å². The quantitative estimate of drug-likeness (QED) is 0.855. The molecule has 2 heterocycles. The number of carbonyl (C=O) groups is 1. The normalized spacial score (nSPS) is 30.8. The van der Waals surface area contributed by atoms with Gasteiger partial charge in [0, 0.05) is 19.7 Å². The standard InChI is InChI=1S/C18H28N2O3/c1-11(2)16-15(12(3)23-19-16)17(21)20-9-8-18(4)10-13(22-5)6-7-14(18)20/h11,13-14H,6-10H2,1-5H3/t13-,14-,18+/m1/s1. The molecule has 0 radical (unpaired) electrons. The van der Waals surface area contributed by atoms with Gasteiger partial charge in [-0.3, -0.25) is 4.79 Å². The van der Waals surface area contributed by atoms with Crippen LogP contribution in [0.15, 0.2) is 4.52 Å². The van der Waals surface area contributed by atoms with Crippen molar-refractivity contribution in [3.05, 3.63) is 17.0 Å². The van der Waals surface area contributed by atoms with E-state index in [1.54, 1.807) is 7.11 Å². The first-order chi connectivity index (χ1) is 10.9. The van der Waals surface area contributed by atoms with Gasteiger partial charge in [-0.1, -0.05) is 25.9 Å². The number of rotatable bonds is 3. The molecule has 0 spiro atoms. The SMILES string of the molecule is CO[C@@H]1CC[C@H]2N(C(=O)c3c(C(C)C)noc3C)CC[C@@]2(C)C1. The molecule has 128 valence electrons. The van der Waals surface area contributed by atoms with Gasteiger partial charge in [-0.2, -0.15) is 0 Å². The minimum atomic E-state index is 0.0945. The molecule has 1 aromatic heterocycles. The van der Waals surface area contributed by atoms with E-state index in [9.17, 15) is 4.79 Å². The van der Waals surface area contributed by atoms with Crippen LogP contribution < -0.4 is 0 Å². The number of carbonyl (C=O) groups excluding carboxylic acids is 1. The van der Waals surface area contributed by atoms with Gasteiger partial charge in [-0.25, -0.2) is 0 Å². The van der Waals surface area contributed by atoms with Gasteiger partial charge in [0.2, 0.25) is 0 Å². The number of aromatic nitrogens is 1. The molecule has 2 aliphatic rings. The summed E-state index contributed by atoms with van der Waals surface area (Å²) in [6.45, 7) is 9.06. The molecular formula is C18H28N2O3. The second-order valence-electron chi connectivity index (χ2n) is 7.71.